The molecule has 0 radical (unpaired) electrons. The molecular weight excluding hydrogens is 1190 g/mol. The van der Waals surface area contributed by atoms with Crippen LogP contribution in [0.4, 0.5) is 0 Å². The summed E-state index contributed by atoms with van der Waals surface area (Å²) in [6, 6.07) is -1.94. The van der Waals surface area contributed by atoms with Crippen molar-refractivity contribution in [2.75, 3.05) is 26.7 Å². The number of methoxy groups -OCH3 is 1. The number of unbranched alkanes of at least 4 members (excludes halogenated alkanes) is 3. The highest BCUT2D eigenvalue weighted by Gasteiger charge is 2.69. The van der Waals surface area contributed by atoms with Crippen molar-refractivity contribution < 1.29 is 71.7 Å². The van der Waals surface area contributed by atoms with Gasteiger partial charge in [-0.2, -0.15) is 0 Å². The molecule has 26 heteroatoms. The predicted octanol–water partition coefficient (Wildman–Crippen LogP) is 4.44. The fraction of sp³-hybridized carbons (Fsp3) is 0.769. The first kappa shape index (κ1) is 67.4. The van der Waals surface area contributed by atoms with Crippen molar-refractivity contribution in [2.45, 2.75) is 271 Å². The molecule has 0 aliphatic carbocycles. The molecule has 91 heavy (non-hydrogen) atoms. The van der Waals surface area contributed by atoms with Gasteiger partial charge in [0.2, 0.25) is 23.6 Å². The highest BCUT2D eigenvalue weighted by atomic mass is 32.1. The van der Waals surface area contributed by atoms with E-state index < -0.39 is 84.7 Å². The van der Waals surface area contributed by atoms with Crippen molar-refractivity contribution in [1.29, 1.82) is 0 Å². The number of aromatic amines is 1. The summed E-state index contributed by atoms with van der Waals surface area (Å²) in [4.78, 5) is 75.6. The summed E-state index contributed by atoms with van der Waals surface area (Å²) in [5.41, 5.74) is 9.26. The maximum atomic E-state index is 14.5. The average molecular weight is 1290 g/mol. The largest absolute Gasteiger partial charge is 0.391 e. The van der Waals surface area contributed by atoms with E-state index in [1.165, 1.54) is 0 Å². The van der Waals surface area contributed by atoms with Gasteiger partial charge in [0.25, 0.3) is 0 Å². The number of amides is 4. The number of hydrogen-bond acceptors (Lipinski definition) is 20. The molecule has 0 saturated carbocycles. The molecule has 12 heterocycles. The predicted molar refractivity (Wildman–Crippen MR) is 332 cm³/mol. The van der Waals surface area contributed by atoms with Gasteiger partial charge in [-0.15, -0.1) is 5.10 Å². The molecular formula is C65H96N10O15S. The molecule has 10 saturated heterocycles. The molecule has 10 aliphatic rings. The number of ether oxygens (including phenoxy) is 9. The van der Waals surface area contributed by atoms with Crippen LogP contribution in [0, 0.1) is 22.5 Å². The number of aromatic nitrogens is 5. The van der Waals surface area contributed by atoms with Crippen molar-refractivity contribution in [3.63, 3.8) is 0 Å². The molecule has 502 valence electrons. The molecule has 4 amide bonds. The van der Waals surface area contributed by atoms with E-state index in [2.05, 4.69) is 61.6 Å². The van der Waals surface area contributed by atoms with Crippen LogP contribution in [0.2, 0.25) is 0 Å². The molecule has 12 rings (SSSR count). The van der Waals surface area contributed by atoms with Gasteiger partial charge >= 0.3 is 0 Å². The Balaban J connectivity index is 0.679. The number of ketones is 1. The first-order valence-electron chi connectivity index (χ1n) is 33.5. The number of aliphatic hydroxyl groups excluding tert-OH is 1. The summed E-state index contributed by atoms with van der Waals surface area (Å²) in [7, 11) is 1.59. The van der Waals surface area contributed by atoms with Gasteiger partial charge in [-0.05, 0) is 119 Å². The molecule has 2 unspecified atom stereocenters. The van der Waals surface area contributed by atoms with Gasteiger partial charge in [-0.1, -0.05) is 45.6 Å². The maximum absolute atomic E-state index is 14.5. The van der Waals surface area contributed by atoms with Crippen molar-refractivity contribution in [1.82, 2.24) is 46.2 Å². The van der Waals surface area contributed by atoms with Crippen LogP contribution in [0.1, 0.15) is 149 Å². The maximum Gasteiger partial charge on any atom is 0.243 e. The highest BCUT2D eigenvalue weighted by Crippen LogP contribution is 2.54. The SMILES string of the molecule is C=C1C[C@@H]2CC[C@@]34CC5O[C@H]6[C@@H](O3)[C@H]3O[C@H](CC[C@@H]3O[C@H]6[C@H]5O4)CC(=O)C[C@@H]3[C@@H](OC)[C@@H](C[C@H](O)CNC(=O)CNC(=O)[C@H](CCCCN)NC(=O)[C@@H](NC(=O)CCCCCn4cc(-c5cnc(=S)[nH]c5)nn4)C(C)C)O[C@H]3C[C@H]3O[C@@H](CCC1O2)C[C@@H](C)C3=C. The Morgan fingerprint density at radius 2 is 1.62 bits per heavy atom. The van der Waals surface area contributed by atoms with Crippen LogP contribution in [-0.4, -0.2) is 202 Å². The van der Waals surface area contributed by atoms with Crippen molar-refractivity contribution in [2.24, 2.45) is 23.5 Å². The van der Waals surface area contributed by atoms with E-state index in [1.54, 1.807) is 24.2 Å². The normalized spacial score (nSPS) is 35.5. The summed E-state index contributed by atoms with van der Waals surface area (Å²) < 4.78 is 63.0. The van der Waals surface area contributed by atoms with Crippen LogP contribution in [0.5, 0.6) is 0 Å². The minimum Gasteiger partial charge on any atom is -0.391 e. The fourth-order valence-electron chi connectivity index (χ4n) is 15.4. The van der Waals surface area contributed by atoms with Gasteiger partial charge < -0.3 is 79.7 Å². The zero-order chi connectivity index (χ0) is 64.1. The van der Waals surface area contributed by atoms with E-state index in [9.17, 15) is 29.1 Å². The third kappa shape index (κ3) is 16.2. The van der Waals surface area contributed by atoms with Crippen LogP contribution < -0.4 is 27.0 Å². The molecule has 10 aliphatic heterocycles. The first-order valence-corrected chi connectivity index (χ1v) is 33.9. The van der Waals surface area contributed by atoms with E-state index in [-0.39, 0.29) is 123 Å². The van der Waals surface area contributed by atoms with Crippen molar-refractivity contribution in [3.8, 4) is 11.3 Å². The molecule has 21 atom stereocenters. The van der Waals surface area contributed by atoms with E-state index in [0.717, 1.165) is 61.7 Å². The minimum atomic E-state index is -1.11. The topological polar surface area (TPSA) is 322 Å². The Kier molecular flexibility index (Phi) is 22.4. The third-order valence-electron chi connectivity index (χ3n) is 20.3. The second kappa shape index (κ2) is 30.2. The summed E-state index contributed by atoms with van der Waals surface area (Å²) in [5.74, 6) is -3.38. The number of fused-ring (bicyclic) bond motifs is 6. The number of rotatable bonds is 23. The zero-order valence-corrected chi connectivity index (χ0v) is 54.0. The fourth-order valence-corrected chi connectivity index (χ4v) is 15.5. The van der Waals surface area contributed by atoms with Crippen molar-refractivity contribution in [3.05, 3.63) is 47.7 Å². The van der Waals surface area contributed by atoms with Gasteiger partial charge in [0, 0.05) is 89.0 Å². The summed E-state index contributed by atoms with van der Waals surface area (Å²) >= 11 is 5.02. The minimum absolute atomic E-state index is 0.00151. The lowest BCUT2D eigenvalue weighted by Crippen LogP contribution is -2.61. The number of H-pyrrole nitrogens is 1. The quantitative estimate of drug-likeness (QED) is 0.0459. The number of aliphatic hydroxyl groups is 1. The number of hydrogen-bond donors (Lipinski definition) is 7. The van der Waals surface area contributed by atoms with E-state index in [4.69, 9.17) is 60.6 Å². The molecule has 12 bridgehead atoms. The van der Waals surface area contributed by atoms with Gasteiger partial charge in [0.05, 0.1) is 79.9 Å². The zero-order valence-electron chi connectivity index (χ0n) is 53.2. The number of nitrogens with zero attached hydrogens (tertiary/aromatic N) is 4. The van der Waals surface area contributed by atoms with Crippen molar-refractivity contribution >= 4 is 41.6 Å². The average Bonchev–Trinajstić information content (AvgIpc) is 1.58. The number of nitrogens with one attached hydrogen (secondary N) is 5. The Hall–Kier alpha value is -4.97. The lowest BCUT2D eigenvalue weighted by Gasteiger charge is -2.47. The summed E-state index contributed by atoms with van der Waals surface area (Å²) in [5, 5.41) is 31.1. The molecule has 0 aromatic carbocycles. The Morgan fingerprint density at radius 1 is 0.835 bits per heavy atom. The van der Waals surface area contributed by atoms with E-state index >= 15 is 0 Å². The second-order valence-corrected chi connectivity index (χ2v) is 27.7. The van der Waals surface area contributed by atoms with Crippen LogP contribution >= 0.6 is 12.2 Å². The summed E-state index contributed by atoms with van der Waals surface area (Å²) in [6.07, 6.45) is 10.2. The smallest absolute Gasteiger partial charge is 0.243 e. The molecule has 2 aromatic rings. The highest BCUT2D eigenvalue weighted by molar-refractivity contribution is 7.71. The Morgan fingerprint density at radius 3 is 2.41 bits per heavy atom. The number of nitrogens with two attached hydrogens (primary N) is 1. The molecule has 2 aromatic heterocycles. The number of aryl methyl sites for hydroxylation is 1. The third-order valence-corrected chi connectivity index (χ3v) is 20.5. The van der Waals surface area contributed by atoms with E-state index in [0.29, 0.717) is 74.9 Å². The molecule has 8 N–H and O–H groups in total. The van der Waals surface area contributed by atoms with Gasteiger partial charge in [0.1, 0.15) is 54.1 Å². The second-order valence-electron chi connectivity index (χ2n) is 27.3. The number of carbonyl (C=O) groups excluding carboxylic acids is 5. The van der Waals surface area contributed by atoms with Crippen LogP contribution in [-0.2, 0) is 73.1 Å². The number of Topliss-reactive ketones (excluding diaryl/α,β-unsaturated/α-hetero) is 1. The molecule has 1 spiro atoms. The Labute approximate surface area is 537 Å². The number of carbonyl (C=O) groups is 5. The molecule has 10 fully saturated rings. The first-order chi connectivity index (χ1) is 43.8. The van der Waals surface area contributed by atoms with Crippen LogP contribution in [0.25, 0.3) is 11.3 Å². The van der Waals surface area contributed by atoms with Gasteiger partial charge in [0.15, 0.2) is 10.6 Å². The standard InChI is InChI=1S/C65H96N10O15S/c1-34(2)55(72-53(78)13-8-7-11-21-75-33-46(73-74-75)38-29-69-64(91)70-30-38)63(81)71-45(12-9-10-20-66)62(80)68-32-54(79)67-31-40(77)26-51-56(82-6)44-25-39(76)24-42-15-17-48-57(85-42)61-60-59(87-48)58-52(88-60)28-65(89-58,90-61)19-18-43-23-36(4)47(83-43)16-14-41-22-35(3)37(5)49(84-41)27-50(44)86-51/h29-30,33-35,40-45,47-52,55-61,77H,4-5,7-28,31-32,66H2,1-3,6H3,(H,67,79)(H,68,80)(H,71,81)(H,72,78)(H,69,70,91)/t35-,40+,41+,42-,43+,44+,45+,47?,48+,49-,50+,51-,52?,55+,56-,57+,58+,59+,60-,61+,65+/m1/s1. The summed E-state index contributed by atoms with van der Waals surface area (Å²) in [6.45, 7) is 15.2. The Bertz CT molecular complexity index is 2950. The van der Waals surface area contributed by atoms with Gasteiger partial charge in [-0.3, -0.25) is 28.7 Å². The monoisotopic (exact) mass is 1290 g/mol. The van der Waals surface area contributed by atoms with Crippen LogP contribution in [0.15, 0.2) is 42.9 Å². The molecule has 25 nitrogen and oxygen atoms in total. The van der Waals surface area contributed by atoms with Gasteiger partial charge in [-0.25, -0.2) is 4.98 Å². The van der Waals surface area contributed by atoms with E-state index in [1.807, 2.05) is 20.0 Å². The lowest BCUT2D eigenvalue weighted by molar-refractivity contribution is -0.292. The van der Waals surface area contributed by atoms with Crippen LogP contribution in [0.3, 0.4) is 0 Å². The lowest BCUT2D eigenvalue weighted by atomic mass is 9.81.